The fourth-order valence-corrected chi connectivity index (χ4v) is 4.78. The number of nitrogens with zero attached hydrogens (tertiary/aromatic N) is 4. The quantitative estimate of drug-likeness (QED) is 0.333. The van der Waals surface area contributed by atoms with E-state index in [0.29, 0.717) is 16.6 Å². The topological polar surface area (TPSA) is 71.8 Å². The number of hydrogen-bond donors (Lipinski definition) is 1. The maximum Gasteiger partial charge on any atom is 0.337 e. The van der Waals surface area contributed by atoms with E-state index in [1.54, 1.807) is 0 Å². The molecule has 2 aromatic heterocycles. The summed E-state index contributed by atoms with van der Waals surface area (Å²) in [6.07, 6.45) is 3.88. The van der Waals surface area contributed by atoms with Crippen molar-refractivity contribution in [2.75, 3.05) is 25.5 Å². The van der Waals surface area contributed by atoms with Gasteiger partial charge in [0.2, 0.25) is 0 Å². The van der Waals surface area contributed by atoms with Gasteiger partial charge in [-0.3, -0.25) is 4.90 Å². The van der Waals surface area contributed by atoms with Crippen molar-refractivity contribution in [3.05, 3.63) is 76.9 Å². The summed E-state index contributed by atoms with van der Waals surface area (Å²) in [6, 6.07) is 17.8. The first-order valence-electron chi connectivity index (χ1n) is 11.8. The summed E-state index contributed by atoms with van der Waals surface area (Å²) in [4.78, 5) is 18.9. The molecule has 0 saturated carbocycles. The molecule has 9 heteroatoms. The Hall–Kier alpha value is -3.36. The van der Waals surface area contributed by atoms with Crippen LogP contribution >= 0.6 is 11.6 Å². The summed E-state index contributed by atoms with van der Waals surface area (Å²) in [7, 11) is 3.42. The number of rotatable bonds is 6. The number of nitrogens with one attached hydrogen (secondary N) is 1. The Morgan fingerprint density at radius 1 is 1.17 bits per heavy atom. The Morgan fingerprint density at radius 2 is 1.91 bits per heavy atom. The summed E-state index contributed by atoms with van der Waals surface area (Å²) in [5.74, 6) is 0.619. The van der Waals surface area contributed by atoms with Crippen LogP contribution in [-0.2, 0) is 11.3 Å². The van der Waals surface area contributed by atoms with Gasteiger partial charge in [-0.25, -0.2) is 9.78 Å². The minimum Gasteiger partial charge on any atom is -0.465 e. The second-order valence-electron chi connectivity index (χ2n) is 8.95. The molecule has 1 N–H and O–H groups in total. The van der Waals surface area contributed by atoms with Crippen LogP contribution in [0.4, 0.5) is 5.82 Å². The number of aromatic nitrogens is 3. The van der Waals surface area contributed by atoms with Crippen molar-refractivity contribution in [3.8, 4) is 11.3 Å². The van der Waals surface area contributed by atoms with Crippen molar-refractivity contribution in [1.29, 1.82) is 0 Å². The fraction of sp³-hybridized carbons (Fsp3) is 0.269. The Bertz CT molecular complexity index is 1350. The van der Waals surface area contributed by atoms with E-state index in [-0.39, 0.29) is 5.97 Å². The van der Waals surface area contributed by atoms with Gasteiger partial charge in [-0.1, -0.05) is 41.9 Å². The highest BCUT2D eigenvalue weighted by atomic mass is 35.5. The number of likely N-dealkylation sites (tertiary alicyclic amines) is 1. The molecule has 0 atom stereocenters. The monoisotopic (exact) mass is 487 g/mol. The third-order valence-corrected chi connectivity index (χ3v) is 6.85. The van der Waals surface area contributed by atoms with E-state index in [9.17, 15) is 4.79 Å². The van der Waals surface area contributed by atoms with E-state index >= 15 is 0 Å². The minimum absolute atomic E-state index is 0.307. The van der Waals surface area contributed by atoms with E-state index in [4.69, 9.17) is 21.3 Å². The first-order chi connectivity index (χ1) is 17.0. The standard InChI is InChI=1S/C26H27BClN5O2/c1-35-26(34)18-8-6-17(7-9-18)16-32-12-10-19(11-13-32)30-24-14-23(20-4-2-3-5-22(20)28)31-25-21(27)15-29-33(24)25/h2-9,14-15,19,30H,10-13,16,27H2,1H3. The molecule has 4 aromatic rings. The number of halogens is 1. The molecule has 2 aromatic carbocycles. The summed E-state index contributed by atoms with van der Waals surface area (Å²) < 4.78 is 6.66. The number of benzene rings is 2. The van der Waals surface area contributed by atoms with Crippen molar-refractivity contribution in [1.82, 2.24) is 19.5 Å². The highest BCUT2D eigenvalue weighted by molar-refractivity contribution is 6.36. The molecule has 0 amide bonds. The highest BCUT2D eigenvalue weighted by Gasteiger charge is 2.21. The number of hydrogen-bond acceptors (Lipinski definition) is 6. The average molecular weight is 488 g/mol. The van der Waals surface area contributed by atoms with Crippen LogP contribution < -0.4 is 10.8 Å². The van der Waals surface area contributed by atoms with Crippen LogP contribution in [0.2, 0.25) is 5.02 Å². The van der Waals surface area contributed by atoms with Gasteiger partial charge in [0.15, 0.2) is 5.65 Å². The smallest absolute Gasteiger partial charge is 0.337 e. The zero-order valence-electron chi connectivity index (χ0n) is 19.9. The van der Waals surface area contributed by atoms with Gasteiger partial charge in [-0.15, -0.1) is 0 Å². The number of piperidine rings is 1. The molecule has 7 nitrogen and oxygen atoms in total. The Morgan fingerprint density at radius 3 is 2.63 bits per heavy atom. The molecule has 0 aliphatic carbocycles. The lowest BCUT2D eigenvalue weighted by Gasteiger charge is -2.33. The molecule has 35 heavy (non-hydrogen) atoms. The molecule has 1 aliphatic heterocycles. The number of esters is 1. The number of ether oxygens (including phenoxy) is 1. The van der Waals surface area contributed by atoms with Gasteiger partial charge in [0, 0.05) is 48.5 Å². The summed E-state index contributed by atoms with van der Waals surface area (Å²) in [5.41, 5.74) is 5.37. The second-order valence-corrected chi connectivity index (χ2v) is 9.36. The molecule has 1 aliphatic rings. The number of carbonyl (C=O) groups excluding carboxylic acids is 1. The van der Waals surface area contributed by atoms with E-state index in [1.807, 2.05) is 73.2 Å². The minimum atomic E-state index is -0.307. The van der Waals surface area contributed by atoms with E-state index in [2.05, 4.69) is 15.3 Å². The lowest BCUT2D eigenvalue weighted by Crippen LogP contribution is -2.39. The maximum absolute atomic E-state index is 11.6. The Balaban J connectivity index is 1.28. The van der Waals surface area contributed by atoms with Crippen molar-refractivity contribution in [3.63, 3.8) is 0 Å². The van der Waals surface area contributed by atoms with Gasteiger partial charge in [0.1, 0.15) is 13.7 Å². The summed E-state index contributed by atoms with van der Waals surface area (Å²) in [5, 5.41) is 8.95. The second kappa shape index (κ2) is 10.1. The maximum atomic E-state index is 11.6. The van der Waals surface area contributed by atoms with Crippen molar-refractivity contribution in [2.45, 2.75) is 25.4 Å². The third kappa shape index (κ3) is 5.04. The van der Waals surface area contributed by atoms with Crippen LogP contribution in [0, 0.1) is 0 Å². The van der Waals surface area contributed by atoms with Crippen LogP contribution in [-0.4, -0.2) is 59.6 Å². The summed E-state index contributed by atoms with van der Waals surface area (Å²) >= 11 is 6.47. The Labute approximate surface area is 210 Å². The third-order valence-electron chi connectivity index (χ3n) is 6.52. The normalized spacial score (nSPS) is 14.8. The first-order valence-corrected chi connectivity index (χ1v) is 12.2. The zero-order valence-corrected chi connectivity index (χ0v) is 20.6. The van der Waals surface area contributed by atoms with Crippen LogP contribution in [0.15, 0.2) is 60.8 Å². The average Bonchev–Trinajstić information content (AvgIpc) is 3.26. The predicted molar refractivity (Wildman–Crippen MR) is 141 cm³/mol. The van der Waals surface area contributed by atoms with Gasteiger partial charge >= 0.3 is 5.97 Å². The van der Waals surface area contributed by atoms with Crippen molar-refractivity contribution >= 4 is 42.3 Å². The molecule has 0 radical (unpaired) electrons. The van der Waals surface area contributed by atoms with E-state index < -0.39 is 0 Å². The van der Waals surface area contributed by atoms with Gasteiger partial charge in [-0.05, 0) is 42.1 Å². The zero-order chi connectivity index (χ0) is 24.4. The lowest BCUT2D eigenvalue weighted by molar-refractivity contribution is 0.0600. The lowest BCUT2D eigenvalue weighted by atomic mass is 10.0. The van der Waals surface area contributed by atoms with Crippen LogP contribution in [0.25, 0.3) is 16.9 Å². The molecule has 1 saturated heterocycles. The highest BCUT2D eigenvalue weighted by Crippen LogP contribution is 2.29. The number of carbonyl (C=O) groups is 1. The van der Waals surface area contributed by atoms with Crippen molar-refractivity contribution < 1.29 is 9.53 Å². The molecule has 1 fully saturated rings. The molecule has 5 rings (SSSR count). The molecular weight excluding hydrogens is 461 g/mol. The van der Waals surface area contributed by atoms with Crippen LogP contribution in [0.1, 0.15) is 28.8 Å². The molecule has 0 spiro atoms. The largest absolute Gasteiger partial charge is 0.465 e. The van der Waals surface area contributed by atoms with Crippen LogP contribution in [0.3, 0.4) is 0 Å². The Kier molecular flexibility index (Phi) is 6.75. The SMILES string of the molecule is Bc1cnn2c(NC3CCN(Cc4ccc(C(=O)OC)cc4)CC3)cc(-c3ccccc3Cl)nc12. The predicted octanol–water partition coefficient (Wildman–Crippen LogP) is 3.17. The van der Waals surface area contributed by atoms with Gasteiger partial charge < -0.3 is 10.1 Å². The van der Waals surface area contributed by atoms with E-state index in [0.717, 1.165) is 60.7 Å². The van der Waals surface area contributed by atoms with Gasteiger partial charge in [0.05, 0.1) is 18.4 Å². The van der Waals surface area contributed by atoms with Gasteiger partial charge in [0.25, 0.3) is 0 Å². The fourth-order valence-electron chi connectivity index (χ4n) is 4.55. The first kappa shape index (κ1) is 23.4. The number of fused-ring (bicyclic) bond motifs is 1. The molecule has 0 unspecified atom stereocenters. The molecule has 3 heterocycles. The molecule has 0 bridgehead atoms. The molecule has 178 valence electrons. The van der Waals surface area contributed by atoms with Crippen molar-refractivity contribution in [2.24, 2.45) is 0 Å². The summed E-state index contributed by atoms with van der Waals surface area (Å²) in [6.45, 7) is 2.84. The molecular formula is C26H27BClN5O2. The number of methoxy groups -OCH3 is 1. The number of anilines is 1. The van der Waals surface area contributed by atoms with E-state index in [1.165, 1.54) is 12.7 Å². The van der Waals surface area contributed by atoms with Crippen LogP contribution in [0.5, 0.6) is 0 Å². The van der Waals surface area contributed by atoms with Gasteiger partial charge in [-0.2, -0.15) is 9.61 Å².